The number of rotatable bonds is 4. The third-order valence-electron chi connectivity index (χ3n) is 8.08. The SMILES string of the molecule is O=C(N/N=C\C12c3ccccc3C(c3ccccc31)[C@@H]1C(=O)N(c3ccccc3)C(=O)[C@H]12)c1ccncc1. The van der Waals surface area contributed by atoms with Gasteiger partial charge in [-0.15, -0.1) is 0 Å². The lowest BCUT2D eigenvalue weighted by Crippen LogP contribution is -2.54. The van der Waals surface area contributed by atoms with Crippen LogP contribution >= 0.6 is 0 Å². The van der Waals surface area contributed by atoms with E-state index in [9.17, 15) is 14.4 Å². The Hall–Kier alpha value is -4.91. The van der Waals surface area contributed by atoms with Gasteiger partial charge in [-0.2, -0.15) is 5.10 Å². The van der Waals surface area contributed by atoms with E-state index < -0.39 is 17.3 Å². The average molecular weight is 499 g/mol. The van der Waals surface area contributed by atoms with Crippen molar-refractivity contribution in [3.8, 4) is 0 Å². The molecular weight excluding hydrogens is 476 g/mol. The van der Waals surface area contributed by atoms with Crippen LogP contribution < -0.4 is 10.3 Å². The summed E-state index contributed by atoms with van der Waals surface area (Å²) in [7, 11) is 0. The van der Waals surface area contributed by atoms with Gasteiger partial charge >= 0.3 is 0 Å². The zero-order chi connectivity index (χ0) is 25.9. The molecule has 2 atom stereocenters. The van der Waals surface area contributed by atoms with E-state index in [1.807, 2.05) is 66.7 Å². The average Bonchev–Trinajstić information content (AvgIpc) is 3.24. The molecule has 184 valence electrons. The van der Waals surface area contributed by atoms with E-state index in [0.29, 0.717) is 11.3 Å². The van der Waals surface area contributed by atoms with Crippen LogP contribution in [0.4, 0.5) is 5.69 Å². The van der Waals surface area contributed by atoms with Crippen molar-refractivity contribution in [3.63, 3.8) is 0 Å². The van der Waals surface area contributed by atoms with Crippen LogP contribution in [0.15, 0.2) is 108 Å². The van der Waals surface area contributed by atoms with E-state index in [0.717, 1.165) is 22.3 Å². The van der Waals surface area contributed by atoms with Crippen molar-refractivity contribution < 1.29 is 14.4 Å². The number of imide groups is 1. The first-order valence-electron chi connectivity index (χ1n) is 12.5. The molecule has 1 saturated heterocycles. The van der Waals surface area contributed by atoms with Crippen LogP contribution in [-0.4, -0.2) is 28.9 Å². The zero-order valence-electron chi connectivity index (χ0n) is 20.2. The van der Waals surface area contributed by atoms with Crippen molar-refractivity contribution in [1.82, 2.24) is 10.4 Å². The standard InChI is InChI=1S/C31H22N4O3/c36-28(19-14-16-32-17-15-19)34-33-18-31-23-12-6-4-10-21(23)25(22-11-5-7-13-24(22)31)26-27(31)30(38)35(29(26)37)20-8-2-1-3-9-20/h1-18,25-27H,(H,34,36)/b33-18-/t25?,26-,27-,31?/m0/s1. The number of benzene rings is 3. The Morgan fingerprint density at radius 2 is 1.42 bits per heavy atom. The molecule has 38 heavy (non-hydrogen) atoms. The summed E-state index contributed by atoms with van der Waals surface area (Å²) in [6.07, 6.45) is 4.74. The van der Waals surface area contributed by atoms with Crippen LogP contribution in [0.25, 0.3) is 0 Å². The number of nitrogens with zero attached hydrogens (tertiary/aromatic N) is 3. The molecule has 0 radical (unpaired) electrons. The smallest absolute Gasteiger partial charge is 0.271 e. The lowest BCUT2D eigenvalue weighted by molar-refractivity contribution is -0.122. The summed E-state index contributed by atoms with van der Waals surface area (Å²) in [6, 6.07) is 28.2. The number of carbonyl (C=O) groups is 3. The van der Waals surface area contributed by atoms with E-state index >= 15 is 0 Å². The fourth-order valence-electron chi connectivity index (χ4n) is 6.64. The van der Waals surface area contributed by atoms with Crippen molar-refractivity contribution in [2.45, 2.75) is 11.3 Å². The second-order valence-electron chi connectivity index (χ2n) is 9.81. The fraction of sp³-hybridized carbons (Fsp3) is 0.129. The summed E-state index contributed by atoms with van der Waals surface area (Å²) in [4.78, 5) is 46.4. The van der Waals surface area contributed by atoms with Crippen molar-refractivity contribution in [2.75, 3.05) is 4.90 Å². The zero-order valence-corrected chi connectivity index (χ0v) is 20.2. The van der Waals surface area contributed by atoms with Crippen LogP contribution in [0, 0.1) is 11.8 Å². The summed E-state index contributed by atoms with van der Waals surface area (Å²) in [5.74, 6) is -2.39. The molecule has 1 N–H and O–H groups in total. The van der Waals surface area contributed by atoms with Gasteiger partial charge in [-0.05, 0) is 46.5 Å². The minimum atomic E-state index is -1.03. The van der Waals surface area contributed by atoms with E-state index in [2.05, 4.69) is 15.5 Å². The topological polar surface area (TPSA) is 91.7 Å². The number of hydrogen-bond donors (Lipinski definition) is 1. The van der Waals surface area contributed by atoms with Crippen molar-refractivity contribution in [1.29, 1.82) is 0 Å². The van der Waals surface area contributed by atoms with E-state index in [1.165, 1.54) is 17.3 Å². The molecule has 0 saturated carbocycles. The molecule has 4 aromatic rings. The molecule has 7 heteroatoms. The molecule has 3 aromatic carbocycles. The summed E-state index contributed by atoms with van der Waals surface area (Å²) >= 11 is 0. The summed E-state index contributed by atoms with van der Waals surface area (Å²) in [5, 5.41) is 4.43. The van der Waals surface area contributed by atoms with Crippen LogP contribution in [0.1, 0.15) is 38.5 Å². The largest absolute Gasteiger partial charge is 0.274 e. The molecule has 2 heterocycles. The Kier molecular flexibility index (Phi) is 4.88. The fourth-order valence-corrected chi connectivity index (χ4v) is 6.64. The molecule has 0 spiro atoms. The van der Waals surface area contributed by atoms with Crippen molar-refractivity contribution >= 4 is 29.6 Å². The number of amides is 3. The number of anilines is 1. The highest BCUT2D eigenvalue weighted by Gasteiger charge is 2.68. The minimum Gasteiger partial charge on any atom is -0.274 e. The maximum atomic E-state index is 14.2. The molecule has 8 rings (SSSR count). The molecule has 1 aromatic heterocycles. The van der Waals surface area contributed by atoms with Gasteiger partial charge in [-0.25, -0.2) is 10.3 Å². The van der Waals surface area contributed by atoms with Gasteiger partial charge in [0.25, 0.3) is 5.91 Å². The number of carbonyl (C=O) groups excluding carboxylic acids is 3. The Labute approximate surface area is 218 Å². The number of pyridine rings is 1. The predicted octanol–water partition coefficient (Wildman–Crippen LogP) is 4.05. The van der Waals surface area contributed by atoms with Crippen LogP contribution in [0.2, 0.25) is 0 Å². The number of hydrazone groups is 1. The Morgan fingerprint density at radius 3 is 2.08 bits per heavy atom. The third kappa shape index (κ3) is 2.93. The van der Waals surface area contributed by atoms with Gasteiger partial charge in [-0.3, -0.25) is 19.4 Å². The van der Waals surface area contributed by atoms with Crippen LogP contribution in [0.3, 0.4) is 0 Å². The van der Waals surface area contributed by atoms with Crippen LogP contribution in [0.5, 0.6) is 0 Å². The number of para-hydroxylation sites is 1. The number of hydrogen-bond acceptors (Lipinski definition) is 5. The first-order chi connectivity index (χ1) is 18.6. The monoisotopic (exact) mass is 498 g/mol. The second kappa shape index (κ2) is 8.31. The molecular formula is C31H22N4O3. The predicted molar refractivity (Wildman–Crippen MR) is 142 cm³/mol. The second-order valence-corrected chi connectivity index (χ2v) is 9.81. The molecule has 2 bridgehead atoms. The first-order valence-corrected chi connectivity index (χ1v) is 12.5. The minimum absolute atomic E-state index is 0.209. The molecule has 0 unspecified atom stereocenters. The summed E-state index contributed by atoms with van der Waals surface area (Å²) < 4.78 is 0. The van der Waals surface area contributed by atoms with Gasteiger partial charge in [0, 0.05) is 30.1 Å². The van der Waals surface area contributed by atoms with Gasteiger partial charge in [0.15, 0.2) is 0 Å². The lowest BCUT2D eigenvalue weighted by Gasteiger charge is -2.52. The highest BCUT2D eigenvalue weighted by molar-refractivity contribution is 6.25. The molecule has 7 nitrogen and oxygen atoms in total. The van der Waals surface area contributed by atoms with Gasteiger partial charge in [0.2, 0.25) is 11.8 Å². The Morgan fingerprint density at radius 1 is 0.816 bits per heavy atom. The molecule has 1 aliphatic heterocycles. The molecule has 4 aliphatic rings. The maximum absolute atomic E-state index is 14.2. The van der Waals surface area contributed by atoms with Gasteiger partial charge in [0.05, 0.1) is 22.9 Å². The maximum Gasteiger partial charge on any atom is 0.271 e. The van der Waals surface area contributed by atoms with E-state index in [1.54, 1.807) is 30.5 Å². The Bertz CT molecular complexity index is 1590. The summed E-state index contributed by atoms with van der Waals surface area (Å²) in [5.41, 5.74) is 6.46. The highest BCUT2D eigenvalue weighted by atomic mass is 16.2. The quantitative estimate of drug-likeness (QED) is 0.261. The van der Waals surface area contributed by atoms with Crippen LogP contribution in [-0.2, 0) is 15.0 Å². The van der Waals surface area contributed by atoms with E-state index in [4.69, 9.17) is 0 Å². The normalized spacial score (nSPS) is 24.7. The Balaban J connectivity index is 1.42. The third-order valence-corrected chi connectivity index (χ3v) is 8.08. The first kappa shape index (κ1) is 22.3. The van der Waals surface area contributed by atoms with Gasteiger partial charge < -0.3 is 0 Å². The highest BCUT2D eigenvalue weighted by Crippen LogP contribution is 2.63. The van der Waals surface area contributed by atoms with Crippen molar-refractivity contribution in [3.05, 3.63) is 131 Å². The van der Waals surface area contributed by atoms with Gasteiger partial charge in [-0.1, -0.05) is 66.7 Å². The molecule has 3 amide bonds. The van der Waals surface area contributed by atoms with Gasteiger partial charge in [0.1, 0.15) is 0 Å². The van der Waals surface area contributed by atoms with Crippen molar-refractivity contribution in [2.24, 2.45) is 16.9 Å². The molecule has 3 aliphatic carbocycles. The summed E-state index contributed by atoms with van der Waals surface area (Å²) in [6.45, 7) is 0. The number of nitrogens with one attached hydrogen (secondary N) is 1. The molecule has 1 fully saturated rings. The van der Waals surface area contributed by atoms with E-state index in [-0.39, 0.29) is 23.6 Å². The number of aromatic nitrogens is 1. The lowest BCUT2D eigenvalue weighted by atomic mass is 9.47.